The smallest absolute Gasteiger partial charge is 0.321 e. The number of carbonyl (C=O) groups is 1. The Labute approximate surface area is 164 Å². The summed E-state index contributed by atoms with van der Waals surface area (Å²) in [5, 5.41) is 10.4. The molecular weight excluding hydrogens is 357 g/mol. The molecule has 150 valence electrons. The fraction of sp³-hybridized carbons (Fsp3) is 0.571. The van der Waals surface area contributed by atoms with Crippen molar-refractivity contribution in [2.24, 2.45) is 5.92 Å². The van der Waals surface area contributed by atoms with Crippen LogP contribution in [0.3, 0.4) is 0 Å². The molecule has 2 amide bonds. The van der Waals surface area contributed by atoms with Gasteiger partial charge in [-0.2, -0.15) is 5.10 Å². The number of nitrogens with one attached hydrogen (secondary N) is 2. The van der Waals surface area contributed by atoms with Crippen molar-refractivity contribution >= 4 is 11.7 Å². The zero-order chi connectivity index (χ0) is 19.5. The molecule has 1 saturated heterocycles. The van der Waals surface area contributed by atoms with Crippen molar-refractivity contribution in [1.29, 1.82) is 0 Å². The van der Waals surface area contributed by atoms with Gasteiger partial charge in [-0.15, -0.1) is 0 Å². The average Bonchev–Trinajstić information content (AvgIpc) is 3.37. The number of carbonyl (C=O) groups excluding carboxylic acids is 1. The highest BCUT2D eigenvalue weighted by Crippen LogP contribution is 2.34. The third-order valence-electron chi connectivity index (χ3n) is 6.15. The molecule has 2 fully saturated rings. The highest BCUT2D eigenvalue weighted by molar-refractivity contribution is 5.90. The fourth-order valence-electron chi connectivity index (χ4n) is 4.41. The maximum atomic E-state index is 13.7. The predicted molar refractivity (Wildman–Crippen MR) is 106 cm³/mol. The van der Waals surface area contributed by atoms with Gasteiger partial charge in [-0.1, -0.05) is 37.5 Å². The minimum Gasteiger partial charge on any atom is -0.323 e. The SMILES string of the molecule is Cc1ccccc1NC(=O)N1C[C@@H](CF)[C@H](c2nc(C3CCCCC3)n[nH]2)C1. The average molecular weight is 385 g/mol. The number of alkyl halides is 1. The van der Waals surface area contributed by atoms with Crippen molar-refractivity contribution in [2.75, 3.05) is 25.1 Å². The van der Waals surface area contributed by atoms with Gasteiger partial charge < -0.3 is 10.2 Å². The Balaban J connectivity index is 1.44. The van der Waals surface area contributed by atoms with Gasteiger partial charge in [0.05, 0.1) is 6.67 Å². The van der Waals surface area contributed by atoms with Crippen LogP contribution < -0.4 is 5.32 Å². The number of H-pyrrole nitrogens is 1. The van der Waals surface area contributed by atoms with E-state index in [1.165, 1.54) is 19.3 Å². The number of rotatable bonds is 4. The minimum atomic E-state index is -0.474. The molecule has 6 nitrogen and oxygen atoms in total. The maximum absolute atomic E-state index is 13.7. The fourth-order valence-corrected chi connectivity index (χ4v) is 4.41. The molecule has 2 heterocycles. The van der Waals surface area contributed by atoms with Crippen LogP contribution in [0, 0.1) is 12.8 Å². The normalized spacial score (nSPS) is 23.1. The molecule has 2 N–H and O–H groups in total. The maximum Gasteiger partial charge on any atom is 0.321 e. The molecule has 0 bridgehead atoms. The topological polar surface area (TPSA) is 73.9 Å². The molecule has 0 unspecified atom stereocenters. The predicted octanol–water partition coefficient (Wildman–Crippen LogP) is 4.38. The van der Waals surface area contributed by atoms with Gasteiger partial charge in [0.25, 0.3) is 0 Å². The molecule has 1 saturated carbocycles. The Morgan fingerprint density at radius 2 is 2.04 bits per heavy atom. The summed E-state index contributed by atoms with van der Waals surface area (Å²) < 4.78 is 13.7. The number of hydrogen-bond donors (Lipinski definition) is 2. The van der Waals surface area contributed by atoms with E-state index in [9.17, 15) is 9.18 Å². The van der Waals surface area contributed by atoms with Crippen molar-refractivity contribution in [1.82, 2.24) is 20.1 Å². The van der Waals surface area contributed by atoms with E-state index in [2.05, 4.69) is 15.5 Å². The van der Waals surface area contributed by atoms with Crippen molar-refractivity contribution < 1.29 is 9.18 Å². The van der Waals surface area contributed by atoms with Crippen molar-refractivity contribution in [3.63, 3.8) is 0 Å². The number of benzene rings is 1. The molecule has 0 radical (unpaired) electrons. The molecule has 2 aromatic rings. The van der Waals surface area contributed by atoms with E-state index in [0.717, 1.165) is 35.7 Å². The Kier molecular flexibility index (Phi) is 5.59. The lowest BCUT2D eigenvalue weighted by Gasteiger charge is -2.18. The lowest BCUT2D eigenvalue weighted by molar-refractivity contribution is 0.219. The zero-order valence-electron chi connectivity index (χ0n) is 16.3. The van der Waals surface area contributed by atoms with Crippen LogP contribution in [0.25, 0.3) is 0 Å². The van der Waals surface area contributed by atoms with Crippen molar-refractivity contribution in [3.8, 4) is 0 Å². The number of urea groups is 1. The molecule has 28 heavy (non-hydrogen) atoms. The van der Waals surface area contributed by atoms with Crippen LogP contribution in [0.15, 0.2) is 24.3 Å². The summed E-state index contributed by atoms with van der Waals surface area (Å²) in [5.41, 5.74) is 1.79. The Morgan fingerprint density at radius 3 is 2.79 bits per heavy atom. The van der Waals surface area contributed by atoms with Crippen molar-refractivity contribution in [3.05, 3.63) is 41.5 Å². The first-order valence-corrected chi connectivity index (χ1v) is 10.3. The Bertz CT molecular complexity index is 817. The van der Waals surface area contributed by atoms with E-state index in [0.29, 0.717) is 19.0 Å². The number of amides is 2. The second kappa shape index (κ2) is 8.29. The molecule has 1 aliphatic heterocycles. The second-order valence-corrected chi connectivity index (χ2v) is 8.08. The van der Waals surface area contributed by atoms with Crippen LogP contribution in [0.1, 0.15) is 61.2 Å². The van der Waals surface area contributed by atoms with Gasteiger partial charge in [0.15, 0.2) is 5.82 Å². The third-order valence-corrected chi connectivity index (χ3v) is 6.15. The molecule has 1 aliphatic carbocycles. The van der Waals surface area contributed by atoms with Crippen LogP contribution in [-0.4, -0.2) is 45.9 Å². The molecule has 7 heteroatoms. The molecular formula is C21H28FN5O. The lowest BCUT2D eigenvalue weighted by atomic mass is 9.89. The van der Waals surface area contributed by atoms with Gasteiger partial charge in [0.1, 0.15) is 5.82 Å². The number of para-hydroxylation sites is 1. The number of halogens is 1. The lowest BCUT2D eigenvalue weighted by Crippen LogP contribution is -2.33. The molecule has 2 atom stereocenters. The van der Waals surface area contributed by atoms with E-state index in [-0.39, 0.29) is 17.9 Å². The molecule has 1 aromatic carbocycles. The second-order valence-electron chi connectivity index (χ2n) is 8.08. The standard InChI is InChI=1S/C21H28FN5O/c1-14-7-5-6-10-18(14)23-21(28)27-12-16(11-22)17(13-27)20-24-19(25-26-20)15-8-3-2-4-9-15/h5-7,10,15-17H,2-4,8-9,11-13H2,1H3,(H,23,28)(H,24,25,26)/t16-,17-/m1/s1. The third kappa shape index (κ3) is 3.88. The highest BCUT2D eigenvalue weighted by atomic mass is 19.1. The summed E-state index contributed by atoms with van der Waals surface area (Å²) in [6.07, 6.45) is 5.97. The first-order valence-electron chi connectivity index (χ1n) is 10.3. The van der Waals surface area contributed by atoms with E-state index in [4.69, 9.17) is 4.98 Å². The Hall–Kier alpha value is -2.44. The molecule has 2 aliphatic rings. The number of hydrogen-bond acceptors (Lipinski definition) is 3. The first-order chi connectivity index (χ1) is 13.7. The number of aromatic amines is 1. The number of aromatic nitrogens is 3. The Morgan fingerprint density at radius 1 is 1.25 bits per heavy atom. The number of likely N-dealkylation sites (tertiary alicyclic amines) is 1. The van der Waals surface area contributed by atoms with Gasteiger partial charge in [-0.25, -0.2) is 9.78 Å². The van der Waals surface area contributed by atoms with Gasteiger partial charge in [-0.3, -0.25) is 9.49 Å². The summed E-state index contributed by atoms with van der Waals surface area (Å²) in [4.78, 5) is 19.1. The van der Waals surface area contributed by atoms with Crippen LogP contribution in [-0.2, 0) is 0 Å². The first kappa shape index (κ1) is 18.9. The summed E-state index contributed by atoms with van der Waals surface area (Å²) in [6, 6.07) is 7.46. The minimum absolute atomic E-state index is 0.141. The quantitative estimate of drug-likeness (QED) is 0.820. The summed E-state index contributed by atoms with van der Waals surface area (Å²) in [5.74, 6) is 1.58. The zero-order valence-corrected chi connectivity index (χ0v) is 16.3. The number of nitrogens with zero attached hydrogens (tertiary/aromatic N) is 3. The number of aryl methyl sites for hydroxylation is 1. The van der Waals surface area contributed by atoms with Gasteiger partial charge >= 0.3 is 6.03 Å². The molecule has 1 aromatic heterocycles. The van der Waals surface area contributed by atoms with Gasteiger partial charge in [0.2, 0.25) is 0 Å². The summed E-state index contributed by atoms with van der Waals surface area (Å²) in [7, 11) is 0. The van der Waals surface area contributed by atoms with E-state index in [1.807, 2.05) is 31.2 Å². The van der Waals surface area contributed by atoms with E-state index >= 15 is 0 Å². The summed E-state index contributed by atoms with van der Waals surface area (Å²) in [6.45, 7) is 2.32. The summed E-state index contributed by atoms with van der Waals surface area (Å²) >= 11 is 0. The number of anilines is 1. The van der Waals surface area contributed by atoms with E-state index in [1.54, 1.807) is 4.90 Å². The van der Waals surface area contributed by atoms with Crippen molar-refractivity contribution in [2.45, 2.75) is 50.9 Å². The van der Waals surface area contributed by atoms with Crippen LogP contribution in [0.2, 0.25) is 0 Å². The largest absolute Gasteiger partial charge is 0.323 e. The van der Waals surface area contributed by atoms with Crippen LogP contribution in [0.5, 0.6) is 0 Å². The molecule has 4 rings (SSSR count). The van der Waals surface area contributed by atoms with Gasteiger partial charge in [-0.05, 0) is 31.4 Å². The van der Waals surface area contributed by atoms with Gasteiger partial charge in [0, 0.05) is 36.5 Å². The van der Waals surface area contributed by atoms with Crippen LogP contribution in [0.4, 0.5) is 14.9 Å². The highest BCUT2D eigenvalue weighted by Gasteiger charge is 2.38. The van der Waals surface area contributed by atoms with Crippen LogP contribution >= 0.6 is 0 Å². The molecule has 0 spiro atoms. The van der Waals surface area contributed by atoms with E-state index < -0.39 is 6.67 Å². The monoisotopic (exact) mass is 385 g/mol.